The van der Waals surface area contributed by atoms with Crippen molar-refractivity contribution in [2.75, 3.05) is 13.1 Å². The lowest BCUT2D eigenvalue weighted by molar-refractivity contribution is 0.0901. The molecule has 1 aliphatic heterocycles. The maximum Gasteiger partial charge on any atom is 0.176 e. The molecule has 1 unspecified atom stereocenters. The highest BCUT2D eigenvalue weighted by Gasteiger charge is 2.21. The van der Waals surface area contributed by atoms with Gasteiger partial charge in [-0.1, -0.05) is 25.0 Å². The summed E-state index contributed by atoms with van der Waals surface area (Å²) >= 11 is 0. The lowest BCUT2D eigenvalue weighted by Gasteiger charge is -2.26. The number of carbonyl (C=O) groups is 1. The lowest BCUT2D eigenvalue weighted by atomic mass is 10.0. The summed E-state index contributed by atoms with van der Waals surface area (Å²) in [6.07, 6.45) is 8.68. The number of nitrogens with zero attached hydrogens (tertiary/aromatic N) is 1. The van der Waals surface area contributed by atoms with Crippen LogP contribution < -0.4 is 0 Å². The largest absolute Gasteiger partial charge is 0.293 e. The maximum absolute atomic E-state index is 12.5. The van der Waals surface area contributed by atoms with Gasteiger partial charge in [-0.15, -0.1) is 0 Å². The minimum absolute atomic E-state index is 0.299. The highest BCUT2D eigenvalue weighted by Crippen LogP contribution is 2.23. The third-order valence-corrected chi connectivity index (χ3v) is 4.96. The molecule has 1 aliphatic carbocycles. The Morgan fingerprint density at radius 1 is 1.15 bits per heavy atom. The zero-order valence-corrected chi connectivity index (χ0v) is 12.5. The zero-order valence-electron chi connectivity index (χ0n) is 12.5. The molecule has 0 aromatic heterocycles. The molecule has 2 heteroatoms. The van der Waals surface area contributed by atoms with Crippen LogP contribution in [0.1, 0.15) is 60.5 Å². The van der Waals surface area contributed by atoms with Crippen LogP contribution in [0.2, 0.25) is 0 Å². The van der Waals surface area contributed by atoms with Crippen LogP contribution in [-0.4, -0.2) is 29.8 Å². The number of aryl methyl sites for hydroxylation is 2. The second-order valence-corrected chi connectivity index (χ2v) is 6.43. The molecule has 20 heavy (non-hydrogen) atoms. The van der Waals surface area contributed by atoms with Gasteiger partial charge in [-0.05, 0) is 62.8 Å². The van der Waals surface area contributed by atoms with Gasteiger partial charge in [-0.25, -0.2) is 0 Å². The first kappa shape index (κ1) is 13.8. The number of hydrogen-bond acceptors (Lipinski definition) is 2. The summed E-state index contributed by atoms with van der Waals surface area (Å²) in [5, 5.41) is 0. The van der Waals surface area contributed by atoms with Gasteiger partial charge in [-0.3, -0.25) is 9.69 Å². The number of rotatable bonds is 3. The Balaban J connectivity index is 1.69. The quantitative estimate of drug-likeness (QED) is 0.783. The van der Waals surface area contributed by atoms with Crippen LogP contribution in [0.3, 0.4) is 0 Å². The monoisotopic (exact) mass is 271 g/mol. The fraction of sp³-hybridized carbons (Fsp3) is 0.611. The minimum atomic E-state index is 0.299. The van der Waals surface area contributed by atoms with Crippen LogP contribution in [0.4, 0.5) is 0 Å². The summed E-state index contributed by atoms with van der Waals surface area (Å²) < 4.78 is 0. The van der Waals surface area contributed by atoms with E-state index in [1.807, 2.05) is 6.07 Å². The van der Waals surface area contributed by atoms with E-state index in [0.29, 0.717) is 18.4 Å². The Bertz CT molecular complexity index is 494. The van der Waals surface area contributed by atoms with Crippen molar-refractivity contribution in [1.29, 1.82) is 0 Å². The van der Waals surface area contributed by atoms with E-state index in [1.165, 1.54) is 49.7 Å². The van der Waals surface area contributed by atoms with Gasteiger partial charge < -0.3 is 0 Å². The molecule has 0 saturated carbocycles. The van der Waals surface area contributed by atoms with E-state index in [1.54, 1.807) is 0 Å². The summed E-state index contributed by atoms with van der Waals surface area (Å²) in [7, 11) is 0. The van der Waals surface area contributed by atoms with Crippen molar-refractivity contribution in [3.05, 3.63) is 34.9 Å². The third kappa shape index (κ3) is 2.95. The van der Waals surface area contributed by atoms with Crippen LogP contribution >= 0.6 is 0 Å². The number of benzene rings is 1. The summed E-state index contributed by atoms with van der Waals surface area (Å²) in [6.45, 7) is 3.94. The standard InChI is InChI=1S/C18H25NO/c1-14-6-3-2-4-11-19(14)13-18(20)17-10-9-15-7-5-8-16(15)12-17/h9-10,12,14H,2-8,11,13H2,1H3. The van der Waals surface area contributed by atoms with Crippen LogP contribution in [0.5, 0.6) is 0 Å². The number of likely N-dealkylation sites (tertiary alicyclic amines) is 1. The summed E-state index contributed by atoms with van der Waals surface area (Å²) in [6, 6.07) is 6.90. The molecule has 1 saturated heterocycles. The van der Waals surface area contributed by atoms with Gasteiger partial charge in [0.15, 0.2) is 5.78 Å². The highest BCUT2D eigenvalue weighted by atomic mass is 16.1. The van der Waals surface area contributed by atoms with Gasteiger partial charge in [0.05, 0.1) is 6.54 Å². The van der Waals surface area contributed by atoms with Crippen molar-refractivity contribution in [2.45, 2.75) is 57.9 Å². The molecule has 0 bridgehead atoms. The number of fused-ring (bicyclic) bond motifs is 1. The molecule has 0 N–H and O–H groups in total. The molecule has 1 aromatic carbocycles. The van der Waals surface area contributed by atoms with E-state index in [2.05, 4.69) is 24.0 Å². The van der Waals surface area contributed by atoms with E-state index in [-0.39, 0.29) is 0 Å². The normalized spacial score (nSPS) is 23.4. The SMILES string of the molecule is CC1CCCCCN1CC(=O)c1ccc2c(c1)CCC2. The molecule has 108 valence electrons. The lowest BCUT2D eigenvalue weighted by Crippen LogP contribution is -2.37. The molecule has 2 nitrogen and oxygen atoms in total. The third-order valence-electron chi connectivity index (χ3n) is 4.96. The molecule has 0 amide bonds. The van der Waals surface area contributed by atoms with Crippen molar-refractivity contribution in [3.8, 4) is 0 Å². The van der Waals surface area contributed by atoms with E-state index >= 15 is 0 Å². The van der Waals surface area contributed by atoms with E-state index in [0.717, 1.165) is 18.5 Å². The minimum Gasteiger partial charge on any atom is -0.293 e. The Morgan fingerprint density at radius 2 is 2.00 bits per heavy atom. The molecule has 2 aliphatic rings. The zero-order chi connectivity index (χ0) is 13.9. The van der Waals surface area contributed by atoms with Crippen molar-refractivity contribution in [1.82, 2.24) is 4.90 Å². The van der Waals surface area contributed by atoms with Gasteiger partial charge in [0.2, 0.25) is 0 Å². The fourth-order valence-electron chi connectivity index (χ4n) is 3.59. The maximum atomic E-state index is 12.5. The highest BCUT2D eigenvalue weighted by molar-refractivity contribution is 5.97. The summed E-state index contributed by atoms with van der Waals surface area (Å²) in [5.74, 6) is 0.299. The van der Waals surface area contributed by atoms with Gasteiger partial charge >= 0.3 is 0 Å². The Hall–Kier alpha value is -1.15. The predicted molar refractivity (Wildman–Crippen MR) is 82.3 cm³/mol. The molecular formula is C18H25NO. The van der Waals surface area contributed by atoms with Gasteiger partial charge in [0.1, 0.15) is 0 Å². The summed E-state index contributed by atoms with van der Waals surface area (Å²) in [5.41, 5.74) is 3.77. The Labute approximate surface area is 122 Å². The number of carbonyl (C=O) groups excluding carboxylic acids is 1. The van der Waals surface area contributed by atoms with Gasteiger partial charge in [0.25, 0.3) is 0 Å². The molecule has 1 fully saturated rings. The van der Waals surface area contributed by atoms with E-state index in [4.69, 9.17) is 0 Å². The van der Waals surface area contributed by atoms with Crippen LogP contribution in [0.15, 0.2) is 18.2 Å². The van der Waals surface area contributed by atoms with Crippen molar-refractivity contribution in [3.63, 3.8) is 0 Å². The average Bonchev–Trinajstić information content (AvgIpc) is 2.83. The first-order chi connectivity index (χ1) is 9.74. The predicted octanol–water partition coefficient (Wildman–Crippen LogP) is 3.62. The molecule has 0 spiro atoms. The fourth-order valence-corrected chi connectivity index (χ4v) is 3.59. The number of hydrogen-bond donors (Lipinski definition) is 0. The van der Waals surface area contributed by atoms with Crippen molar-refractivity contribution in [2.24, 2.45) is 0 Å². The molecule has 3 rings (SSSR count). The van der Waals surface area contributed by atoms with Crippen LogP contribution in [-0.2, 0) is 12.8 Å². The Morgan fingerprint density at radius 3 is 2.90 bits per heavy atom. The number of Topliss-reactive ketones (excluding diaryl/α,β-unsaturated/α-hetero) is 1. The second kappa shape index (κ2) is 6.09. The molecular weight excluding hydrogens is 246 g/mol. The number of ketones is 1. The Kier molecular flexibility index (Phi) is 4.21. The smallest absolute Gasteiger partial charge is 0.176 e. The van der Waals surface area contributed by atoms with Gasteiger partial charge in [0, 0.05) is 11.6 Å². The van der Waals surface area contributed by atoms with E-state index < -0.39 is 0 Å². The first-order valence-electron chi connectivity index (χ1n) is 8.13. The van der Waals surface area contributed by atoms with Crippen LogP contribution in [0, 0.1) is 0 Å². The summed E-state index contributed by atoms with van der Waals surface area (Å²) in [4.78, 5) is 14.9. The first-order valence-corrected chi connectivity index (χ1v) is 8.13. The molecule has 1 atom stereocenters. The van der Waals surface area contributed by atoms with Crippen molar-refractivity contribution >= 4 is 5.78 Å². The van der Waals surface area contributed by atoms with E-state index in [9.17, 15) is 4.79 Å². The molecule has 1 heterocycles. The van der Waals surface area contributed by atoms with Crippen molar-refractivity contribution < 1.29 is 4.79 Å². The molecule has 1 aromatic rings. The second-order valence-electron chi connectivity index (χ2n) is 6.43. The van der Waals surface area contributed by atoms with Crippen LogP contribution in [0.25, 0.3) is 0 Å². The van der Waals surface area contributed by atoms with Gasteiger partial charge in [-0.2, -0.15) is 0 Å². The topological polar surface area (TPSA) is 20.3 Å². The average molecular weight is 271 g/mol. The molecule has 0 radical (unpaired) electrons.